The van der Waals surface area contributed by atoms with Crippen LogP contribution in [0.15, 0.2) is 71.6 Å². The van der Waals surface area contributed by atoms with E-state index in [4.69, 9.17) is 9.47 Å². The van der Waals surface area contributed by atoms with Crippen LogP contribution in [0.1, 0.15) is 22.3 Å². The number of hydrogen-bond acceptors (Lipinski definition) is 5. The zero-order chi connectivity index (χ0) is 27.0. The van der Waals surface area contributed by atoms with Gasteiger partial charge in [-0.2, -0.15) is 0 Å². The lowest BCUT2D eigenvalue weighted by molar-refractivity contribution is -0.114. The molecule has 1 aliphatic carbocycles. The molecule has 0 aliphatic heterocycles. The highest BCUT2D eigenvalue weighted by molar-refractivity contribution is 7.92. The number of rotatable bonds is 8. The van der Waals surface area contributed by atoms with Crippen molar-refractivity contribution in [2.24, 2.45) is 0 Å². The van der Waals surface area contributed by atoms with Gasteiger partial charge in [-0.3, -0.25) is 9.10 Å². The Labute approximate surface area is 223 Å². The van der Waals surface area contributed by atoms with E-state index in [0.29, 0.717) is 17.1 Å². The molecule has 5 rings (SSSR count). The lowest BCUT2D eigenvalue weighted by atomic mass is 10.0. The molecule has 0 atom stereocenters. The molecule has 38 heavy (non-hydrogen) atoms. The molecule has 1 amide bonds. The van der Waals surface area contributed by atoms with E-state index in [0.717, 1.165) is 33.7 Å². The van der Waals surface area contributed by atoms with Crippen molar-refractivity contribution in [3.8, 4) is 11.5 Å². The van der Waals surface area contributed by atoms with Crippen LogP contribution in [0.25, 0.3) is 10.8 Å². The maximum Gasteiger partial charge on any atom is 0.264 e. The third-order valence-electron chi connectivity index (χ3n) is 6.88. The number of carbonyl (C=O) groups excluding carboxylic acids is 1. The van der Waals surface area contributed by atoms with Gasteiger partial charge in [-0.05, 0) is 84.7 Å². The summed E-state index contributed by atoms with van der Waals surface area (Å²) in [6.45, 7) is 3.39. The summed E-state index contributed by atoms with van der Waals surface area (Å²) in [5.41, 5.74) is 5.39. The summed E-state index contributed by atoms with van der Waals surface area (Å²) in [6, 6.07) is 19.9. The van der Waals surface area contributed by atoms with Gasteiger partial charge in [-0.25, -0.2) is 8.42 Å². The van der Waals surface area contributed by atoms with Gasteiger partial charge in [0, 0.05) is 17.1 Å². The first-order valence-corrected chi connectivity index (χ1v) is 13.8. The number of ether oxygens (including phenoxy) is 2. The number of benzene rings is 4. The molecule has 0 saturated carbocycles. The summed E-state index contributed by atoms with van der Waals surface area (Å²) < 4.78 is 39.7. The molecular weight excluding hydrogens is 500 g/mol. The predicted molar refractivity (Wildman–Crippen MR) is 150 cm³/mol. The molecule has 0 fully saturated rings. The topological polar surface area (TPSA) is 84.9 Å². The number of aryl methyl sites for hydroxylation is 4. The highest BCUT2D eigenvalue weighted by Crippen LogP contribution is 2.36. The molecule has 7 nitrogen and oxygen atoms in total. The molecular formula is C30H30N2O5S. The summed E-state index contributed by atoms with van der Waals surface area (Å²) in [4.78, 5) is 13.4. The Kier molecular flexibility index (Phi) is 6.75. The van der Waals surface area contributed by atoms with Gasteiger partial charge in [0.2, 0.25) is 5.91 Å². The monoisotopic (exact) mass is 530 g/mol. The Morgan fingerprint density at radius 3 is 2.24 bits per heavy atom. The zero-order valence-corrected chi connectivity index (χ0v) is 22.7. The number of methoxy groups -OCH3 is 2. The van der Waals surface area contributed by atoms with Crippen molar-refractivity contribution >= 4 is 38.1 Å². The van der Waals surface area contributed by atoms with Crippen LogP contribution < -0.4 is 19.1 Å². The van der Waals surface area contributed by atoms with Crippen LogP contribution in [0.4, 0.5) is 11.4 Å². The lowest BCUT2D eigenvalue weighted by Gasteiger charge is -2.25. The fraction of sp³-hybridized carbons (Fsp3) is 0.233. The number of amides is 1. The Morgan fingerprint density at radius 1 is 0.868 bits per heavy atom. The molecule has 1 N–H and O–H groups in total. The number of hydrogen-bond donors (Lipinski definition) is 1. The van der Waals surface area contributed by atoms with Crippen LogP contribution in [0.3, 0.4) is 0 Å². The maximum atomic E-state index is 14.0. The van der Waals surface area contributed by atoms with E-state index in [1.54, 1.807) is 12.1 Å². The van der Waals surface area contributed by atoms with E-state index in [9.17, 15) is 13.2 Å². The van der Waals surface area contributed by atoms with Gasteiger partial charge in [0.05, 0.1) is 24.8 Å². The first-order chi connectivity index (χ1) is 18.2. The van der Waals surface area contributed by atoms with Gasteiger partial charge in [-0.1, -0.05) is 30.3 Å². The normalized spacial score (nSPS) is 12.4. The van der Waals surface area contributed by atoms with Gasteiger partial charge in [0.25, 0.3) is 10.0 Å². The second-order valence-corrected chi connectivity index (χ2v) is 11.4. The Hall–Kier alpha value is -4.04. The molecule has 0 bridgehead atoms. The number of carbonyl (C=O) groups is 1. The molecule has 0 unspecified atom stereocenters. The summed E-state index contributed by atoms with van der Waals surface area (Å²) in [5.74, 6) is 0.257. The second kappa shape index (κ2) is 10.0. The third-order valence-corrected chi connectivity index (χ3v) is 8.65. The Balaban J connectivity index is 1.53. The van der Waals surface area contributed by atoms with Crippen molar-refractivity contribution in [1.29, 1.82) is 0 Å². The summed E-state index contributed by atoms with van der Waals surface area (Å²) in [5, 5.41) is 5.11. The van der Waals surface area contributed by atoms with Gasteiger partial charge >= 0.3 is 0 Å². The molecule has 0 aromatic heterocycles. The molecule has 8 heteroatoms. The Bertz CT molecular complexity index is 1630. The lowest BCUT2D eigenvalue weighted by Crippen LogP contribution is -2.38. The SMILES string of the molecule is COc1ccc(S(=O)(=O)N(CC(=O)Nc2ccc3c4c(cccc24)CC3)c2cc(C)cc(C)c2)cc1OC. The smallest absolute Gasteiger partial charge is 0.264 e. The molecule has 1 aliphatic rings. The molecule has 4 aromatic carbocycles. The molecule has 0 radical (unpaired) electrons. The fourth-order valence-electron chi connectivity index (χ4n) is 5.19. The van der Waals surface area contributed by atoms with Crippen molar-refractivity contribution in [2.45, 2.75) is 31.6 Å². The van der Waals surface area contributed by atoms with Crippen LogP contribution in [-0.2, 0) is 27.7 Å². The van der Waals surface area contributed by atoms with E-state index >= 15 is 0 Å². The van der Waals surface area contributed by atoms with Crippen molar-refractivity contribution in [3.05, 3.63) is 89.0 Å². The van der Waals surface area contributed by atoms with Gasteiger partial charge in [-0.15, -0.1) is 0 Å². The minimum Gasteiger partial charge on any atom is -0.493 e. The fourth-order valence-corrected chi connectivity index (χ4v) is 6.61. The average molecular weight is 531 g/mol. The summed E-state index contributed by atoms with van der Waals surface area (Å²) in [7, 11) is -1.21. The number of anilines is 2. The maximum absolute atomic E-state index is 14.0. The van der Waals surface area contributed by atoms with Crippen LogP contribution in [-0.4, -0.2) is 35.1 Å². The molecule has 0 spiro atoms. The highest BCUT2D eigenvalue weighted by atomic mass is 32.2. The van der Waals surface area contributed by atoms with Crippen molar-refractivity contribution < 1.29 is 22.7 Å². The minimum absolute atomic E-state index is 0.00700. The third kappa shape index (κ3) is 4.67. The van der Waals surface area contributed by atoms with E-state index in [-0.39, 0.29) is 10.6 Å². The van der Waals surface area contributed by atoms with Crippen LogP contribution in [0, 0.1) is 13.8 Å². The van der Waals surface area contributed by atoms with Crippen molar-refractivity contribution in [3.63, 3.8) is 0 Å². The minimum atomic E-state index is -4.14. The van der Waals surface area contributed by atoms with Crippen molar-refractivity contribution in [1.82, 2.24) is 0 Å². The van der Waals surface area contributed by atoms with E-state index in [1.807, 2.05) is 44.2 Å². The summed E-state index contributed by atoms with van der Waals surface area (Å²) in [6.07, 6.45) is 1.96. The molecule has 196 valence electrons. The number of nitrogens with zero attached hydrogens (tertiary/aromatic N) is 1. The predicted octanol–water partition coefficient (Wildman–Crippen LogP) is 5.41. The van der Waals surface area contributed by atoms with Gasteiger partial charge in [0.15, 0.2) is 11.5 Å². The zero-order valence-electron chi connectivity index (χ0n) is 21.9. The number of sulfonamides is 1. The second-order valence-electron chi connectivity index (χ2n) is 9.53. The van der Waals surface area contributed by atoms with Gasteiger partial charge < -0.3 is 14.8 Å². The van der Waals surface area contributed by atoms with Gasteiger partial charge in [0.1, 0.15) is 6.54 Å². The standard InChI is InChI=1S/C30H30N2O5S/c1-19-14-20(2)16-23(15-19)32(38(34,35)24-11-13-27(36-3)28(17-24)37-4)18-29(33)31-26-12-10-22-9-8-21-6-5-7-25(26)30(21)22/h5-7,10-17H,8-9,18H2,1-4H3,(H,31,33). The first kappa shape index (κ1) is 25.6. The van der Waals surface area contributed by atoms with E-state index in [2.05, 4.69) is 11.4 Å². The first-order valence-electron chi connectivity index (χ1n) is 12.4. The molecule has 0 saturated heterocycles. The van der Waals surface area contributed by atoms with E-state index < -0.39 is 22.5 Å². The average Bonchev–Trinajstić information content (AvgIpc) is 3.32. The van der Waals surface area contributed by atoms with Crippen molar-refractivity contribution in [2.75, 3.05) is 30.4 Å². The summed E-state index contributed by atoms with van der Waals surface area (Å²) >= 11 is 0. The quantitative estimate of drug-likeness (QED) is 0.329. The number of nitrogens with one attached hydrogen (secondary N) is 1. The molecule has 4 aromatic rings. The molecule has 0 heterocycles. The highest BCUT2D eigenvalue weighted by Gasteiger charge is 2.29. The van der Waals surface area contributed by atoms with Crippen LogP contribution >= 0.6 is 0 Å². The van der Waals surface area contributed by atoms with Crippen LogP contribution in [0.2, 0.25) is 0 Å². The van der Waals surface area contributed by atoms with Crippen LogP contribution in [0.5, 0.6) is 11.5 Å². The van der Waals surface area contributed by atoms with E-state index in [1.165, 1.54) is 48.9 Å². The Morgan fingerprint density at radius 2 is 1.55 bits per heavy atom. The largest absolute Gasteiger partial charge is 0.493 e.